The van der Waals surface area contributed by atoms with Gasteiger partial charge in [0.1, 0.15) is 12.5 Å². The van der Waals surface area contributed by atoms with Crippen LogP contribution in [0.3, 0.4) is 0 Å². The van der Waals surface area contributed by atoms with E-state index in [0.717, 1.165) is 0 Å². The molecule has 0 saturated heterocycles. The Balaban J connectivity index is 2.25. The largest absolute Gasteiger partial charge is 0.303 e. The molecule has 0 N–H and O–H groups in total. The van der Waals surface area contributed by atoms with Crippen LogP contribution >= 0.6 is 0 Å². The van der Waals surface area contributed by atoms with Crippen molar-refractivity contribution >= 4 is 6.29 Å². The van der Waals surface area contributed by atoms with Crippen LogP contribution in [0.15, 0.2) is 0 Å². The first-order valence-corrected chi connectivity index (χ1v) is 1.94. The van der Waals surface area contributed by atoms with E-state index >= 15 is 0 Å². The lowest BCUT2D eigenvalue weighted by molar-refractivity contribution is -0.109. The molecule has 0 bridgehead atoms. The summed E-state index contributed by atoms with van der Waals surface area (Å²) in [5.41, 5.74) is 0. The van der Waals surface area contributed by atoms with Crippen LogP contribution in [0.2, 0.25) is 0 Å². The molecule has 0 aliphatic heterocycles. The van der Waals surface area contributed by atoms with Gasteiger partial charge in [-0.3, -0.25) is 0 Å². The number of halogens is 1. The van der Waals surface area contributed by atoms with E-state index in [2.05, 4.69) is 0 Å². The molecule has 0 spiro atoms. The van der Waals surface area contributed by atoms with Gasteiger partial charge in [0, 0.05) is 5.92 Å². The Morgan fingerprint density at radius 2 is 2.33 bits per heavy atom. The van der Waals surface area contributed by atoms with Gasteiger partial charge in [0.2, 0.25) is 0 Å². The van der Waals surface area contributed by atoms with Crippen molar-refractivity contribution in [1.82, 2.24) is 0 Å². The summed E-state index contributed by atoms with van der Waals surface area (Å²) in [5, 5.41) is 0. The third kappa shape index (κ3) is 0.421. The van der Waals surface area contributed by atoms with Crippen LogP contribution in [0.4, 0.5) is 4.39 Å². The molecule has 0 aromatic rings. The minimum atomic E-state index is -0.803. The zero-order chi connectivity index (χ0) is 4.57. The van der Waals surface area contributed by atoms with E-state index in [1.165, 1.54) is 0 Å². The molecule has 1 nitrogen and oxygen atoms in total. The molecule has 0 aromatic carbocycles. The van der Waals surface area contributed by atoms with Gasteiger partial charge < -0.3 is 4.79 Å². The van der Waals surface area contributed by atoms with Gasteiger partial charge in [0.15, 0.2) is 0 Å². The van der Waals surface area contributed by atoms with Crippen LogP contribution < -0.4 is 0 Å². The first-order chi connectivity index (χ1) is 2.84. The Kier molecular flexibility index (Phi) is 0.650. The molecular weight excluding hydrogens is 83.0 g/mol. The first kappa shape index (κ1) is 3.78. The summed E-state index contributed by atoms with van der Waals surface area (Å²) in [6.45, 7) is 0. The smallest absolute Gasteiger partial charge is 0.126 e. The second-order valence-electron chi connectivity index (χ2n) is 1.55. The molecule has 1 rings (SSSR count). The Morgan fingerprint density at radius 3 is 2.33 bits per heavy atom. The van der Waals surface area contributed by atoms with Crippen molar-refractivity contribution in [2.75, 3.05) is 0 Å². The highest BCUT2D eigenvalue weighted by Crippen LogP contribution is 2.30. The summed E-state index contributed by atoms with van der Waals surface area (Å²) >= 11 is 0. The van der Waals surface area contributed by atoms with Crippen molar-refractivity contribution in [3.05, 3.63) is 0 Å². The maximum absolute atomic E-state index is 11.5. The Bertz CT molecular complexity index is 71.9. The number of hydrogen-bond donors (Lipinski definition) is 0. The van der Waals surface area contributed by atoms with E-state index in [1.54, 1.807) is 0 Å². The number of carbonyl (C=O) groups is 1. The highest BCUT2D eigenvalue weighted by atomic mass is 19.1. The fraction of sp³-hybridized carbons (Fsp3) is 0.750. The summed E-state index contributed by atoms with van der Waals surface area (Å²) in [4.78, 5) is 9.54. The quantitative estimate of drug-likeness (QED) is 0.427. The molecule has 2 atom stereocenters. The highest BCUT2D eigenvalue weighted by Gasteiger charge is 2.36. The molecule has 1 aliphatic rings. The Hall–Kier alpha value is -0.400. The monoisotopic (exact) mass is 88.0 g/mol. The SMILES string of the molecule is O=C[C@H]1C[C@@H]1F. The fourth-order valence-electron chi connectivity index (χ4n) is 0.322. The maximum Gasteiger partial charge on any atom is 0.126 e. The second-order valence-corrected chi connectivity index (χ2v) is 1.55. The van der Waals surface area contributed by atoms with Crippen LogP contribution in [-0.4, -0.2) is 12.5 Å². The highest BCUT2D eigenvalue weighted by molar-refractivity contribution is 5.58. The van der Waals surface area contributed by atoms with Gasteiger partial charge in [-0.15, -0.1) is 0 Å². The lowest BCUT2D eigenvalue weighted by Gasteiger charge is -1.64. The predicted octanol–water partition coefficient (Wildman–Crippen LogP) is 0.543. The summed E-state index contributed by atoms with van der Waals surface area (Å²) in [6, 6.07) is 0. The molecule has 0 unspecified atom stereocenters. The summed E-state index contributed by atoms with van der Waals surface area (Å²) in [7, 11) is 0. The van der Waals surface area contributed by atoms with Crippen molar-refractivity contribution in [1.29, 1.82) is 0 Å². The van der Waals surface area contributed by atoms with Gasteiger partial charge in [0.25, 0.3) is 0 Å². The summed E-state index contributed by atoms with van der Waals surface area (Å²) in [5.74, 6) is -0.245. The van der Waals surface area contributed by atoms with Crippen LogP contribution in [0.25, 0.3) is 0 Å². The van der Waals surface area contributed by atoms with Gasteiger partial charge in [0.05, 0.1) is 0 Å². The van der Waals surface area contributed by atoms with Gasteiger partial charge in [-0.25, -0.2) is 4.39 Å². The first-order valence-electron chi connectivity index (χ1n) is 1.94. The molecule has 0 aromatic heterocycles. The van der Waals surface area contributed by atoms with Gasteiger partial charge in [-0.1, -0.05) is 0 Å². The molecule has 2 heteroatoms. The lowest BCUT2D eigenvalue weighted by atomic mass is 10.5. The standard InChI is InChI=1S/C4H5FO/c5-4-1-3(4)2-6/h2-4H,1H2/t3-,4+/m1/s1. The summed E-state index contributed by atoms with van der Waals surface area (Å²) < 4.78 is 11.5. The van der Waals surface area contributed by atoms with Gasteiger partial charge >= 0.3 is 0 Å². The van der Waals surface area contributed by atoms with Crippen molar-refractivity contribution in [3.8, 4) is 0 Å². The molecule has 1 fully saturated rings. The zero-order valence-corrected chi connectivity index (χ0v) is 3.23. The van der Waals surface area contributed by atoms with Crippen molar-refractivity contribution in [2.45, 2.75) is 12.6 Å². The third-order valence-electron chi connectivity index (χ3n) is 0.934. The number of alkyl halides is 1. The zero-order valence-electron chi connectivity index (χ0n) is 3.23. The van der Waals surface area contributed by atoms with E-state index in [4.69, 9.17) is 0 Å². The molecule has 0 amide bonds. The van der Waals surface area contributed by atoms with Crippen molar-refractivity contribution in [2.24, 2.45) is 5.92 Å². The van der Waals surface area contributed by atoms with Crippen LogP contribution in [-0.2, 0) is 4.79 Å². The molecule has 0 heterocycles. The van der Waals surface area contributed by atoms with E-state index in [9.17, 15) is 9.18 Å². The minimum Gasteiger partial charge on any atom is -0.303 e. The van der Waals surface area contributed by atoms with E-state index in [0.29, 0.717) is 12.7 Å². The average molecular weight is 88.1 g/mol. The van der Waals surface area contributed by atoms with Gasteiger partial charge in [-0.2, -0.15) is 0 Å². The van der Waals surface area contributed by atoms with Crippen molar-refractivity contribution in [3.63, 3.8) is 0 Å². The molecular formula is C4H5FO. The number of hydrogen-bond acceptors (Lipinski definition) is 1. The van der Waals surface area contributed by atoms with Crippen LogP contribution in [0, 0.1) is 5.92 Å². The van der Waals surface area contributed by atoms with E-state index < -0.39 is 6.17 Å². The lowest BCUT2D eigenvalue weighted by Crippen LogP contribution is -1.76. The number of carbonyl (C=O) groups excluding carboxylic acids is 1. The summed E-state index contributed by atoms with van der Waals surface area (Å²) in [6.07, 6.45) is 0.330. The van der Waals surface area contributed by atoms with Crippen molar-refractivity contribution < 1.29 is 9.18 Å². The maximum atomic E-state index is 11.5. The second kappa shape index (κ2) is 1.03. The fourth-order valence-corrected chi connectivity index (χ4v) is 0.322. The minimum absolute atomic E-state index is 0.245. The molecule has 34 valence electrons. The number of aldehydes is 1. The van der Waals surface area contributed by atoms with Crippen LogP contribution in [0.1, 0.15) is 6.42 Å². The van der Waals surface area contributed by atoms with E-state index in [-0.39, 0.29) is 5.92 Å². The Labute approximate surface area is 35.2 Å². The molecule has 1 saturated carbocycles. The molecule has 1 aliphatic carbocycles. The van der Waals surface area contributed by atoms with E-state index in [1.807, 2.05) is 0 Å². The number of rotatable bonds is 1. The normalized spacial score (nSPS) is 42.2. The Morgan fingerprint density at radius 1 is 1.83 bits per heavy atom. The topological polar surface area (TPSA) is 17.1 Å². The average Bonchev–Trinajstić information content (AvgIpc) is 2.19. The molecule has 6 heavy (non-hydrogen) atoms. The van der Waals surface area contributed by atoms with Gasteiger partial charge in [-0.05, 0) is 6.42 Å². The molecule has 0 radical (unpaired) electrons. The third-order valence-corrected chi connectivity index (χ3v) is 0.934. The predicted molar refractivity (Wildman–Crippen MR) is 19.1 cm³/mol. The van der Waals surface area contributed by atoms with Crippen LogP contribution in [0.5, 0.6) is 0 Å².